The number of phenols is 2. The smallest absolute Gasteiger partial charge is 0.339 e. The van der Waals surface area contributed by atoms with Crippen molar-refractivity contribution in [3.8, 4) is 17.2 Å². The zero-order valence-electron chi connectivity index (χ0n) is 28.4. The van der Waals surface area contributed by atoms with Crippen LogP contribution in [0.3, 0.4) is 0 Å². The summed E-state index contributed by atoms with van der Waals surface area (Å²) in [6.45, 7) is 0. The third kappa shape index (κ3) is 5.15. The molecule has 4 N–H and O–H groups in total. The fourth-order valence-corrected chi connectivity index (χ4v) is 9.43. The van der Waals surface area contributed by atoms with Gasteiger partial charge in [0.2, 0.25) is 11.8 Å². The fraction of sp³-hybridized carbons (Fsp3) is 0.225. The molecule has 0 unspecified atom stereocenters. The Balaban J connectivity index is 1.30. The molecule has 0 aromatic heterocycles. The number of carbonyl (C=O) groups is 5. The molecule has 4 aliphatic rings. The minimum Gasteiger partial charge on any atom is -0.508 e. The first-order chi connectivity index (χ1) is 25.9. The third-order valence-electron chi connectivity index (χ3n) is 11.3. The van der Waals surface area contributed by atoms with E-state index in [9.17, 15) is 34.5 Å². The molecule has 1 saturated carbocycles. The molecule has 0 bridgehead atoms. The van der Waals surface area contributed by atoms with Gasteiger partial charge in [0.05, 0.1) is 46.7 Å². The van der Waals surface area contributed by atoms with Crippen molar-refractivity contribution in [2.75, 3.05) is 17.4 Å². The minimum absolute atomic E-state index is 0.0147. The number of phenolic OH excluding ortho intramolecular Hbond substituents is 1. The molecule has 0 spiro atoms. The van der Waals surface area contributed by atoms with Gasteiger partial charge < -0.3 is 20.1 Å². The Hall–Kier alpha value is -5.85. The number of aromatic hydroxyl groups is 2. The van der Waals surface area contributed by atoms with Crippen molar-refractivity contribution in [3.63, 3.8) is 0 Å². The maximum absolute atomic E-state index is 15.3. The standard InChI is InChI=1S/C40H31Cl2N3O9/c1-54-24-10-4-20(5-11-24)40-29(36(49)45(39(40)53)43-31-15-6-21(41)16-30(31)42)18-28-25(34(40)19-2-8-23(46)9-3-19)13-14-27-33(28)37(50)44(35(27)48)22-7-12-26(38(51)52)32(47)17-22/h2-13,15-17,27-29,33-34,43,46-47H,14,18H2,1H3,(H,51,52)/t27-,28+,29-,33-,34-,40+/m0/s1. The van der Waals surface area contributed by atoms with Crippen molar-refractivity contribution >= 4 is 64.2 Å². The number of allylic oxidation sites excluding steroid dienone is 2. The van der Waals surface area contributed by atoms with E-state index >= 15 is 4.79 Å². The lowest BCUT2D eigenvalue weighted by molar-refractivity contribution is -0.138. The second-order valence-corrected chi connectivity index (χ2v) is 14.7. The topological polar surface area (TPSA) is 174 Å². The molecular formula is C40H31Cl2N3O9. The quantitative estimate of drug-likeness (QED) is 0.123. The lowest BCUT2D eigenvalue weighted by atomic mass is 9.49. The highest BCUT2D eigenvalue weighted by Crippen LogP contribution is 2.64. The van der Waals surface area contributed by atoms with Crippen LogP contribution in [0.2, 0.25) is 10.0 Å². The van der Waals surface area contributed by atoms with Crippen LogP contribution in [0, 0.1) is 23.7 Å². The zero-order valence-corrected chi connectivity index (χ0v) is 29.9. The molecule has 8 rings (SSSR count). The van der Waals surface area contributed by atoms with Gasteiger partial charge in [0.15, 0.2) is 0 Å². The van der Waals surface area contributed by atoms with E-state index in [-0.39, 0.29) is 40.6 Å². The second kappa shape index (κ2) is 12.9. The van der Waals surface area contributed by atoms with E-state index in [0.29, 0.717) is 27.5 Å². The van der Waals surface area contributed by atoms with Crippen molar-refractivity contribution in [3.05, 3.63) is 123 Å². The number of hydrazine groups is 1. The average molecular weight is 769 g/mol. The van der Waals surface area contributed by atoms with Crippen molar-refractivity contribution in [1.82, 2.24) is 5.01 Å². The van der Waals surface area contributed by atoms with Gasteiger partial charge in [-0.2, -0.15) is 5.01 Å². The summed E-state index contributed by atoms with van der Waals surface area (Å²) in [5.74, 6) is -8.07. The van der Waals surface area contributed by atoms with Gasteiger partial charge in [-0.15, -0.1) is 0 Å². The molecule has 2 aliphatic heterocycles. The summed E-state index contributed by atoms with van der Waals surface area (Å²) in [6, 6.07) is 21.3. The Kier molecular flexibility index (Phi) is 8.42. The molecule has 14 heteroatoms. The largest absolute Gasteiger partial charge is 0.508 e. The van der Waals surface area contributed by atoms with Crippen molar-refractivity contribution in [1.29, 1.82) is 0 Å². The van der Waals surface area contributed by atoms with Crippen LogP contribution >= 0.6 is 23.2 Å². The normalized spacial score (nSPS) is 25.9. The van der Waals surface area contributed by atoms with Gasteiger partial charge in [-0.05, 0) is 84.5 Å². The van der Waals surface area contributed by atoms with E-state index in [0.717, 1.165) is 22.0 Å². The molecule has 2 aliphatic carbocycles. The highest BCUT2D eigenvalue weighted by molar-refractivity contribution is 6.36. The highest BCUT2D eigenvalue weighted by atomic mass is 35.5. The van der Waals surface area contributed by atoms with E-state index in [4.69, 9.17) is 27.9 Å². The Morgan fingerprint density at radius 3 is 2.24 bits per heavy atom. The predicted molar refractivity (Wildman–Crippen MR) is 196 cm³/mol. The molecule has 0 radical (unpaired) electrons. The van der Waals surface area contributed by atoms with Gasteiger partial charge in [0, 0.05) is 17.0 Å². The highest BCUT2D eigenvalue weighted by Gasteiger charge is 2.70. The zero-order chi connectivity index (χ0) is 38.2. The number of ether oxygens (including phenoxy) is 1. The fourth-order valence-electron chi connectivity index (χ4n) is 8.98. The molecule has 4 aromatic carbocycles. The summed E-state index contributed by atoms with van der Waals surface area (Å²) < 4.78 is 5.43. The van der Waals surface area contributed by atoms with E-state index in [2.05, 4.69) is 5.43 Å². The van der Waals surface area contributed by atoms with Gasteiger partial charge in [0.1, 0.15) is 22.8 Å². The second-order valence-electron chi connectivity index (χ2n) is 13.8. The number of hydrogen-bond donors (Lipinski definition) is 4. The monoisotopic (exact) mass is 767 g/mol. The first-order valence-corrected chi connectivity index (χ1v) is 17.8. The maximum Gasteiger partial charge on any atom is 0.339 e. The summed E-state index contributed by atoms with van der Waals surface area (Å²) in [6.07, 6.45) is 2.04. The van der Waals surface area contributed by atoms with Gasteiger partial charge in [-0.25, -0.2) is 9.69 Å². The number of carboxylic acid groups (broad SMARTS) is 1. The predicted octanol–water partition coefficient (Wildman–Crippen LogP) is 6.30. The lowest BCUT2D eigenvalue weighted by Crippen LogP contribution is -2.53. The van der Waals surface area contributed by atoms with E-state index in [1.807, 2.05) is 6.08 Å². The van der Waals surface area contributed by atoms with Crippen LogP contribution in [0.4, 0.5) is 11.4 Å². The maximum atomic E-state index is 15.3. The number of carbonyl (C=O) groups excluding carboxylic acids is 4. The number of nitrogens with one attached hydrogen (secondary N) is 1. The molecule has 12 nitrogen and oxygen atoms in total. The van der Waals surface area contributed by atoms with E-state index in [1.165, 1.54) is 31.4 Å². The van der Waals surface area contributed by atoms with Crippen LogP contribution in [-0.4, -0.2) is 57.0 Å². The van der Waals surface area contributed by atoms with E-state index in [1.54, 1.807) is 48.5 Å². The summed E-state index contributed by atoms with van der Waals surface area (Å²) in [4.78, 5) is 71.2. The number of amides is 4. The Bertz CT molecular complexity index is 2310. The third-order valence-corrected chi connectivity index (χ3v) is 11.8. The van der Waals surface area contributed by atoms with Gasteiger partial charge in [-0.1, -0.05) is 59.1 Å². The first-order valence-electron chi connectivity index (χ1n) is 17.0. The molecule has 2 saturated heterocycles. The number of carboxylic acids is 1. The lowest BCUT2D eigenvalue weighted by Gasteiger charge is -2.50. The average Bonchev–Trinajstić information content (AvgIpc) is 3.53. The van der Waals surface area contributed by atoms with Crippen molar-refractivity contribution in [2.24, 2.45) is 23.7 Å². The number of halogens is 2. The molecule has 3 fully saturated rings. The van der Waals surface area contributed by atoms with Gasteiger partial charge >= 0.3 is 5.97 Å². The number of imide groups is 2. The summed E-state index contributed by atoms with van der Waals surface area (Å²) in [7, 11) is 1.51. The molecule has 54 heavy (non-hydrogen) atoms. The number of fused-ring (bicyclic) bond motifs is 4. The van der Waals surface area contributed by atoms with E-state index < -0.39 is 70.4 Å². The van der Waals surface area contributed by atoms with Crippen LogP contribution in [0.1, 0.15) is 40.2 Å². The summed E-state index contributed by atoms with van der Waals surface area (Å²) in [5, 5.41) is 31.7. The van der Waals surface area contributed by atoms with Gasteiger partial charge in [-0.3, -0.25) is 24.6 Å². The molecule has 4 aromatic rings. The van der Waals surface area contributed by atoms with Crippen LogP contribution in [-0.2, 0) is 24.6 Å². The molecule has 6 atom stereocenters. The summed E-state index contributed by atoms with van der Waals surface area (Å²) >= 11 is 12.7. The van der Waals surface area contributed by atoms with Crippen LogP contribution in [0.5, 0.6) is 17.2 Å². The number of aromatic carboxylic acids is 1. The van der Waals surface area contributed by atoms with Crippen LogP contribution < -0.4 is 15.1 Å². The molecule has 2 heterocycles. The number of methoxy groups -OCH3 is 1. The van der Waals surface area contributed by atoms with Crippen LogP contribution in [0.15, 0.2) is 96.6 Å². The Morgan fingerprint density at radius 2 is 1.59 bits per heavy atom. The number of benzene rings is 4. The molecule has 274 valence electrons. The van der Waals surface area contributed by atoms with Gasteiger partial charge in [0.25, 0.3) is 11.8 Å². The number of hydrogen-bond acceptors (Lipinski definition) is 9. The van der Waals surface area contributed by atoms with Crippen molar-refractivity contribution in [2.45, 2.75) is 24.2 Å². The van der Waals surface area contributed by atoms with Crippen molar-refractivity contribution < 1.29 is 44.0 Å². The first kappa shape index (κ1) is 35.2. The number of anilines is 2. The molecular weight excluding hydrogens is 737 g/mol. The molecule has 4 amide bonds. The number of rotatable bonds is 7. The SMILES string of the molecule is COc1ccc([C@@]23C(=O)N(Nc4ccc(Cl)cc4Cl)C(=O)[C@@H]2C[C@@H]2C(=CC[C@@H]4C(=O)N(c5ccc(C(=O)O)c(O)c5)C(=O)[C@@H]42)[C@@H]3c2ccc(O)cc2)cc1. The summed E-state index contributed by atoms with van der Waals surface area (Å²) in [5.41, 5.74) is 3.05. The Morgan fingerprint density at radius 1 is 0.870 bits per heavy atom. The minimum atomic E-state index is -1.58. The van der Waals surface area contributed by atoms with Crippen LogP contribution in [0.25, 0.3) is 0 Å². The Labute approximate surface area is 318 Å². The number of nitrogens with zero attached hydrogens (tertiary/aromatic N) is 2.